The van der Waals surface area contributed by atoms with Gasteiger partial charge in [-0.05, 0) is 30.7 Å². The number of carbonyl (C=O) groups is 1. The van der Waals surface area contributed by atoms with Gasteiger partial charge < -0.3 is 18.9 Å². The molecule has 0 radical (unpaired) electrons. The first-order valence-corrected chi connectivity index (χ1v) is 8.39. The number of aromatic nitrogens is 2. The zero-order valence-corrected chi connectivity index (χ0v) is 15.4. The van der Waals surface area contributed by atoms with Crippen LogP contribution in [0.25, 0.3) is 0 Å². The summed E-state index contributed by atoms with van der Waals surface area (Å²) in [6.45, 7) is 1.92. The number of rotatable bonds is 7. The third-order valence-electron chi connectivity index (χ3n) is 3.57. The summed E-state index contributed by atoms with van der Waals surface area (Å²) in [7, 11) is 1.43. The lowest BCUT2D eigenvalue weighted by molar-refractivity contribution is -0.129. The van der Waals surface area contributed by atoms with Crippen molar-refractivity contribution in [3.05, 3.63) is 79.0 Å². The molecule has 7 nitrogen and oxygen atoms in total. The fourth-order valence-corrected chi connectivity index (χ4v) is 2.26. The maximum Gasteiger partial charge on any atom is 0.339 e. The van der Waals surface area contributed by atoms with Crippen LogP contribution in [0.5, 0.6) is 28.9 Å². The van der Waals surface area contributed by atoms with E-state index in [1.807, 2.05) is 31.2 Å². The largest absolute Gasteiger partial charge is 0.504 e. The highest BCUT2D eigenvalue weighted by Gasteiger charge is 2.18. The number of carbonyl (C=O) groups excluding carboxylic acids is 1. The molecule has 142 valence electrons. The molecule has 0 amide bonds. The number of hydrogen-bond donors (Lipinski definition) is 0. The van der Waals surface area contributed by atoms with Crippen molar-refractivity contribution in [1.29, 1.82) is 0 Å². The predicted molar refractivity (Wildman–Crippen MR) is 102 cm³/mol. The summed E-state index contributed by atoms with van der Waals surface area (Å²) in [6.07, 6.45) is 5.27. The molecule has 7 heteroatoms. The van der Waals surface area contributed by atoms with Crippen LogP contribution in [0.3, 0.4) is 0 Å². The van der Waals surface area contributed by atoms with Gasteiger partial charge in [0.05, 0.1) is 19.4 Å². The lowest BCUT2D eigenvalue weighted by Crippen LogP contribution is -2.06. The molecule has 3 aromatic rings. The Kier molecular flexibility index (Phi) is 6.20. The molecule has 0 aliphatic rings. The number of methoxy groups -OCH3 is 1. The van der Waals surface area contributed by atoms with Gasteiger partial charge in [0.15, 0.2) is 11.5 Å². The quantitative estimate of drug-likeness (QED) is 0.260. The van der Waals surface area contributed by atoms with E-state index in [2.05, 4.69) is 9.97 Å². The van der Waals surface area contributed by atoms with Gasteiger partial charge in [0, 0.05) is 12.3 Å². The van der Waals surface area contributed by atoms with Gasteiger partial charge in [-0.2, -0.15) is 0 Å². The van der Waals surface area contributed by atoms with Crippen molar-refractivity contribution >= 4 is 5.97 Å². The third-order valence-corrected chi connectivity index (χ3v) is 3.57. The Morgan fingerprint density at radius 3 is 2.43 bits per heavy atom. The SMILES string of the molecule is COC=CC(=O)Oc1c(Oc2ccncn2)cccc1Oc1ccccc1C. The highest BCUT2D eigenvalue weighted by molar-refractivity contribution is 5.85. The maximum absolute atomic E-state index is 12.1. The molecule has 0 bridgehead atoms. The number of para-hydroxylation sites is 2. The van der Waals surface area contributed by atoms with E-state index in [0.717, 1.165) is 11.6 Å². The van der Waals surface area contributed by atoms with Crippen molar-refractivity contribution < 1.29 is 23.7 Å². The van der Waals surface area contributed by atoms with E-state index in [9.17, 15) is 4.79 Å². The molecule has 1 aromatic heterocycles. The van der Waals surface area contributed by atoms with Crippen LogP contribution in [0.2, 0.25) is 0 Å². The highest BCUT2D eigenvalue weighted by atomic mass is 16.6. The first kappa shape index (κ1) is 18.9. The van der Waals surface area contributed by atoms with Crippen molar-refractivity contribution in [2.75, 3.05) is 7.11 Å². The molecule has 0 unspecified atom stereocenters. The molecule has 0 aliphatic carbocycles. The molecule has 0 fully saturated rings. The minimum Gasteiger partial charge on any atom is -0.504 e. The molecule has 3 rings (SSSR count). The van der Waals surface area contributed by atoms with Gasteiger partial charge in [-0.25, -0.2) is 14.8 Å². The average Bonchev–Trinajstić information content (AvgIpc) is 2.71. The smallest absolute Gasteiger partial charge is 0.339 e. The molecule has 0 N–H and O–H groups in total. The summed E-state index contributed by atoms with van der Waals surface area (Å²) >= 11 is 0. The Hall–Kier alpha value is -3.87. The minimum absolute atomic E-state index is 0.120. The van der Waals surface area contributed by atoms with Gasteiger partial charge in [-0.1, -0.05) is 24.3 Å². The van der Waals surface area contributed by atoms with E-state index < -0.39 is 5.97 Å². The second-order valence-electron chi connectivity index (χ2n) is 5.56. The van der Waals surface area contributed by atoms with Crippen LogP contribution in [0.4, 0.5) is 0 Å². The van der Waals surface area contributed by atoms with Gasteiger partial charge in [0.2, 0.25) is 11.6 Å². The van der Waals surface area contributed by atoms with Crippen molar-refractivity contribution in [3.8, 4) is 28.9 Å². The zero-order valence-electron chi connectivity index (χ0n) is 15.4. The van der Waals surface area contributed by atoms with Gasteiger partial charge >= 0.3 is 5.97 Å². The molecule has 0 saturated carbocycles. The molecule has 2 aromatic carbocycles. The molecule has 0 aliphatic heterocycles. The lowest BCUT2D eigenvalue weighted by Gasteiger charge is -2.15. The van der Waals surface area contributed by atoms with E-state index in [0.29, 0.717) is 17.4 Å². The zero-order chi connectivity index (χ0) is 19.8. The van der Waals surface area contributed by atoms with E-state index in [-0.39, 0.29) is 11.5 Å². The summed E-state index contributed by atoms with van der Waals surface area (Å²) in [5, 5.41) is 0. The van der Waals surface area contributed by atoms with E-state index in [1.165, 1.54) is 19.7 Å². The number of nitrogens with zero attached hydrogens (tertiary/aromatic N) is 2. The summed E-state index contributed by atoms with van der Waals surface area (Å²) in [5.41, 5.74) is 0.932. The number of aryl methyl sites for hydroxylation is 1. The summed E-state index contributed by atoms with van der Waals surface area (Å²) in [6, 6.07) is 14.2. The Morgan fingerprint density at radius 1 is 0.964 bits per heavy atom. The van der Waals surface area contributed by atoms with Gasteiger partial charge in [-0.15, -0.1) is 0 Å². The van der Waals surface area contributed by atoms with Crippen molar-refractivity contribution in [1.82, 2.24) is 9.97 Å². The van der Waals surface area contributed by atoms with Crippen LogP contribution in [0.1, 0.15) is 5.56 Å². The van der Waals surface area contributed by atoms with Crippen LogP contribution >= 0.6 is 0 Å². The standard InChI is InChI=1S/C21H18N2O5/c1-15-6-3-4-7-16(15)26-17-8-5-9-18(27-19-10-12-22-14-23-19)21(17)28-20(24)11-13-25-2/h3-14H,1-2H3. The molecule has 28 heavy (non-hydrogen) atoms. The summed E-state index contributed by atoms with van der Waals surface area (Å²) in [5.74, 6) is 0.994. The van der Waals surface area contributed by atoms with E-state index in [4.69, 9.17) is 18.9 Å². The van der Waals surface area contributed by atoms with Gasteiger partial charge in [-0.3, -0.25) is 0 Å². The van der Waals surface area contributed by atoms with Crippen molar-refractivity contribution in [2.24, 2.45) is 0 Å². The molecule has 1 heterocycles. The van der Waals surface area contributed by atoms with Crippen LogP contribution in [0, 0.1) is 6.92 Å². The Balaban J connectivity index is 1.97. The van der Waals surface area contributed by atoms with Crippen LogP contribution < -0.4 is 14.2 Å². The van der Waals surface area contributed by atoms with Crippen molar-refractivity contribution in [3.63, 3.8) is 0 Å². The fourth-order valence-electron chi connectivity index (χ4n) is 2.26. The monoisotopic (exact) mass is 378 g/mol. The number of ether oxygens (including phenoxy) is 4. The molecular formula is C21H18N2O5. The summed E-state index contributed by atoms with van der Waals surface area (Å²) in [4.78, 5) is 20.0. The van der Waals surface area contributed by atoms with Crippen LogP contribution in [-0.4, -0.2) is 23.0 Å². The lowest BCUT2D eigenvalue weighted by atomic mass is 10.2. The Bertz CT molecular complexity index is 974. The molecule has 0 atom stereocenters. The molecule has 0 spiro atoms. The van der Waals surface area contributed by atoms with Crippen LogP contribution in [-0.2, 0) is 9.53 Å². The minimum atomic E-state index is -0.643. The summed E-state index contributed by atoms with van der Waals surface area (Å²) < 4.78 is 22.0. The topological polar surface area (TPSA) is 79.8 Å². The Labute approximate surface area is 162 Å². The first-order chi connectivity index (χ1) is 13.7. The normalized spacial score (nSPS) is 10.5. The van der Waals surface area contributed by atoms with Gasteiger partial charge in [0.1, 0.15) is 12.1 Å². The Morgan fingerprint density at radius 2 is 1.71 bits per heavy atom. The van der Waals surface area contributed by atoms with E-state index >= 15 is 0 Å². The van der Waals surface area contributed by atoms with E-state index in [1.54, 1.807) is 30.5 Å². The highest BCUT2D eigenvalue weighted by Crippen LogP contribution is 2.41. The predicted octanol–water partition coefficient (Wildman–Crippen LogP) is 4.44. The molecule has 0 saturated heterocycles. The first-order valence-electron chi connectivity index (χ1n) is 8.39. The maximum atomic E-state index is 12.1. The number of benzene rings is 2. The van der Waals surface area contributed by atoms with Crippen molar-refractivity contribution in [2.45, 2.75) is 6.92 Å². The third kappa shape index (κ3) is 4.85. The number of esters is 1. The van der Waals surface area contributed by atoms with Gasteiger partial charge in [0.25, 0.3) is 0 Å². The second-order valence-corrected chi connectivity index (χ2v) is 5.56. The molecular weight excluding hydrogens is 360 g/mol. The average molecular weight is 378 g/mol. The van der Waals surface area contributed by atoms with Crippen LogP contribution in [0.15, 0.2) is 73.4 Å². The second kappa shape index (κ2) is 9.18. The number of hydrogen-bond acceptors (Lipinski definition) is 7. The fraction of sp³-hybridized carbons (Fsp3) is 0.0952.